The average molecular weight is 345 g/mol. The first kappa shape index (κ1) is 17.7. The highest BCUT2D eigenvalue weighted by Crippen LogP contribution is 2.14. The van der Waals surface area contributed by atoms with Crippen LogP contribution in [-0.2, 0) is 20.7 Å². The molecule has 1 amide bonds. The van der Waals surface area contributed by atoms with Crippen molar-refractivity contribution in [2.45, 2.75) is 6.42 Å². The Labute approximate surface area is 144 Å². The molecule has 0 saturated carbocycles. The smallest absolute Gasteiger partial charge is 0.310 e. The van der Waals surface area contributed by atoms with Crippen molar-refractivity contribution in [3.8, 4) is 5.75 Å². The van der Waals surface area contributed by atoms with Crippen LogP contribution in [0.15, 0.2) is 47.2 Å². The summed E-state index contributed by atoms with van der Waals surface area (Å²) in [5.41, 5.74) is 1.84. The monoisotopic (exact) mass is 345 g/mol. The summed E-state index contributed by atoms with van der Waals surface area (Å²) >= 11 is 1.56. The van der Waals surface area contributed by atoms with Gasteiger partial charge in [-0.05, 0) is 52.6 Å². The highest BCUT2D eigenvalue weighted by Gasteiger charge is 2.20. The number of rotatable bonds is 7. The molecule has 1 atom stereocenters. The maximum atomic E-state index is 11.9. The lowest BCUT2D eigenvalue weighted by Gasteiger charge is -2.15. The molecule has 2 N–H and O–H groups in total. The van der Waals surface area contributed by atoms with Crippen LogP contribution in [0.5, 0.6) is 5.75 Å². The van der Waals surface area contributed by atoms with Gasteiger partial charge in [0.2, 0.25) is 5.91 Å². The van der Waals surface area contributed by atoms with Crippen LogP contribution in [-0.4, -0.2) is 30.6 Å². The minimum atomic E-state index is -0.488. The molecule has 126 valence electrons. The number of ether oxygens (including phenoxy) is 1. The first-order valence-corrected chi connectivity index (χ1v) is 8.36. The summed E-state index contributed by atoms with van der Waals surface area (Å²) in [7, 11) is 1.32. The molecule has 1 heterocycles. The molecule has 0 aliphatic heterocycles. The summed E-state index contributed by atoms with van der Waals surface area (Å²) in [6, 6.07) is 8.52. The van der Waals surface area contributed by atoms with Crippen molar-refractivity contribution in [2.24, 2.45) is 5.92 Å². The Balaban J connectivity index is 1.92. The second-order valence-electron chi connectivity index (χ2n) is 5.23. The minimum absolute atomic E-state index is 0.167. The first-order chi connectivity index (χ1) is 11.6. The normalized spacial score (nSPS) is 12.0. The van der Waals surface area contributed by atoms with E-state index in [0.717, 1.165) is 11.1 Å². The molecule has 2 aromatic rings. The van der Waals surface area contributed by atoms with Crippen LogP contribution in [0.2, 0.25) is 0 Å². The van der Waals surface area contributed by atoms with Crippen LogP contribution in [0, 0.1) is 5.92 Å². The van der Waals surface area contributed by atoms with Crippen molar-refractivity contribution >= 4 is 29.3 Å². The molecule has 6 heteroatoms. The van der Waals surface area contributed by atoms with Gasteiger partial charge >= 0.3 is 5.97 Å². The molecule has 0 aliphatic rings. The van der Waals surface area contributed by atoms with E-state index < -0.39 is 5.92 Å². The molecule has 0 radical (unpaired) electrons. The van der Waals surface area contributed by atoms with Gasteiger partial charge in [0.25, 0.3) is 0 Å². The van der Waals surface area contributed by atoms with Crippen molar-refractivity contribution in [3.05, 3.63) is 58.3 Å². The third-order valence-corrected chi connectivity index (χ3v) is 4.15. The van der Waals surface area contributed by atoms with Crippen molar-refractivity contribution in [2.75, 3.05) is 13.7 Å². The second-order valence-corrected chi connectivity index (χ2v) is 6.01. The third kappa shape index (κ3) is 5.55. The maximum Gasteiger partial charge on any atom is 0.310 e. The predicted octanol–water partition coefficient (Wildman–Crippen LogP) is 2.62. The lowest BCUT2D eigenvalue weighted by Crippen LogP contribution is -2.33. The predicted molar refractivity (Wildman–Crippen MR) is 93.7 cm³/mol. The molecule has 2 rings (SSSR count). The van der Waals surface area contributed by atoms with Crippen LogP contribution < -0.4 is 5.32 Å². The molecule has 1 aromatic carbocycles. The summed E-state index contributed by atoms with van der Waals surface area (Å²) in [6.45, 7) is 0.181. The van der Waals surface area contributed by atoms with E-state index >= 15 is 0 Å². The van der Waals surface area contributed by atoms with Gasteiger partial charge < -0.3 is 15.2 Å². The van der Waals surface area contributed by atoms with Gasteiger partial charge in [-0.2, -0.15) is 11.3 Å². The van der Waals surface area contributed by atoms with E-state index in [-0.39, 0.29) is 24.2 Å². The van der Waals surface area contributed by atoms with E-state index in [0.29, 0.717) is 6.42 Å². The average Bonchev–Trinajstić information content (AvgIpc) is 3.11. The van der Waals surface area contributed by atoms with Gasteiger partial charge in [0, 0.05) is 12.6 Å². The number of hydrogen-bond donors (Lipinski definition) is 2. The Morgan fingerprint density at radius 1 is 1.29 bits per heavy atom. The SMILES string of the molecule is COC(=O)[C@@H](CNC(=O)/C=C/c1ccsc1)Cc1ccc(O)cc1. The van der Waals surface area contributed by atoms with E-state index in [2.05, 4.69) is 5.32 Å². The standard InChI is InChI=1S/C18H19NO4S/c1-23-18(22)15(10-13-2-5-16(20)6-3-13)11-19-17(21)7-4-14-8-9-24-12-14/h2-9,12,15,20H,10-11H2,1H3,(H,19,21)/b7-4+/t15-/m1/s1. The van der Waals surface area contributed by atoms with Crippen LogP contribution in [0.25, 0.3) is 6.08 Å². The summed E-state index contributed by atoms with van der Waals surface area (Å²) in [6.07, 6.45) is 3.58. The number of nitrogens with one attached hydrogen (secondary N) is 1. The van der Waals surface area contributed by atoms with E-state index in [9.17, 15) is 14.7 Å². The Hall–Kier alpha value is -2.60. The van der Waals surface area contributed by atoms with Gasteiger partial charge in [0.1, 0.15) is 5.75 Å². The van der Waals surface area contributed by atoms with E-state index in [1.807, 2.05) is 16.8 Å². The van der Waals surface area contributed by atoms with Gasteiger partial charge in [-0.1, -0.05) is 12.1 Å². The molecular formula is C18H19NO4S. The molecule has 0 fully saturated rings. The number of phenolic OH excluding ortho intramolecular Hbond substituents is 1. The second kappa shape index (κ2) is 8.88. The Morgan fingerprint density at radius 2 is 2.04 bits per heavy atom. The lowest BCUT2D eigenvalue weighted by atomic mass is 9.99. The summed E-state index contributed by atoms with van der Waals surface area (Å²) in [4.78, 5) is 23.8. The Kier molecular flexibility index (Phi) is 6.57. The molecular weight excluding hydrogens is 326 g/mol. The number of hydrogen-bond acceptors (Lipinski definition) is 5. The fourth-order valence-electron chi connectivity index (χ4n) is 2.15. The summed E-state index contributed by atoms with van der Waals surface area (Å²) in [5.74, 6) is -0.968. The number of phenols is 1. The molecule has 5 nitrogen and oxygen atoms in total. The fraction of sp³-hybridized carbons (Fsp3) is 0.222. The van der Waals surface area contributed by atoms with Crippen molar-refractivity contribution < 1.29 is 19.4 Å². The van der Waals surface area contributed by atoms with Gasteiger partial charge in [0.05, 0.1) is 13.0 Å². The molecule has 0 unspecified atom stereocenters. The number of amides is 1. The van der Waals surface area contributed by atoms with E-state index in [1.165, 1.54) is 13.2 Å². The molecule has 0 spiro atoms. The highest BCUT2D eigenvalue weighted by atomic mass is 32.1. The van der Waals surface area contributed by atoms with Crippen LogP contribution in [0.1, 0.15) is 11.1 Å². The minimum Gasteiger partial charge on any atom is -0.508 e. The zero-order chi connectivity index (χ0) is 17.4. The number of esters is 1. The molecule has 0 aliphatic carbocycles. The Bertz CT molecular complexity index is 692. The number of carbonyl (C=O) groups excluding carboxylic acids is 2. The lowest BCUT2D eigenvalue weighted by molar-refractivity contribution is -0.145. The summed E-state index contributed by atoms with van der Waals surface area (Å²) in [5, 5.41) is 15.9. The van der Waals surface area contributed by atoms with E-state index in [4.69, 9.17) is 4.74 Å². The van der Waals surface area contributed by atoms with Gasteiger partial charge in [-0.15, -0.1) is 0 Å². The van der Waals surface area contributed by atoms with Crippen LogP contribution in [0.4, 0.5) is 0 Å². The summed E-state index contributed by atoms with van der Waals surface area (Å²) < 4.78 is 4.80. The highest BCUT2D eigenvalue weighted by molar-refractivity contribution is 7.08. The molecule has 1 aromatic heterocycles. The van der Waals surface area contributed by atoms with Crippen molar-refractivity contribution in [3.63, 3.8) is 0 Å². The van der Waals surface area contributed by atoms with Gasteiger partial charge in [0.15, 0.2) is 0 Å². The molecule has 0 saturated heterocycles. The third-order valence-electron chi connectivity index (χ3n) is 3.45. The maximum absolute atomic E-state index is 11.9. The zero-order valence-corrected chi connectivity index (χ0v) is 14.1. The number of carbonyl (C=O) groups is 2. The number of benzene rings is 1. The van der Waals surface area contributed by atoms with Crippen LogP contribution in [0.3, 0.4) is 0 Å². The van der Waals surface area contributed by atoms with Crippen LogP contribution >= 0.6 is 11.3 Å². The fourth-order valence-corrected chi connectivity index (χ4v) is 2.78. The number of thiophene rings is 1. The number of aromatic hydroxyl groups is 1. The Morgan fingerprint density at radius 3 is 2.67 bits per heavy atom. The quantitative estimate of drug-likeness (QED) is 0.597. The first-order valence-electron chi connectivity index (χ1n) is 7.42. The van der Waals surface area contributed by atoms with Crippen molar-refractivity contribution in [1.29, 1.82) is 0 Å². The number of methoxy groups -OCH3 is 1. The molecule has 24 heavy (non-hydrogen) atoms. The van der Waals surface area contributed by atoms with Crippen molar-refractivity contribution in [1.82, 2.24) is 5.32 Å². The zero-order valence-electron chi connectivity index (χ0n) is 13.3. The van der Waals surface area contributed by atoms with Gasteiger partial charge in [-0.3, -0.25) is 9.59 Å². The van der Waals surface area contributed by atoms with Gasteiger partial charge in [-0.25, -0.2) is 0 Å². The van der Waals surface area contributed by atoms with E-state index in [1.54, 1.807) is 41.7 Å². The largest absolute Gasteiger partial charge is 0.508 e. The topological polar surface area (TPSA) is 75.6 Å². The molecule has 0 bridgehead atoms.